The first-order valence-corrected chi connectivity index (χ1v) is 9.19. The van der Waals surface area contributed by atoms with Crippen LogP contribution in [0, 0.1) is 0 Å². The van der Waals surface area contributed by atoms with Gasteiger partial charge in [-0.25, -0.2) is 0 Å². The molecule has 0 saturated heterocycles. The van der Waals surface area contributed by atoms with Gasteiger partial charge < -0.3 is 9.84 Å². The fourth-order valence-electron chi connectivity index (χ4n) is 3.49. The molecule has 3 aromatic rings. The molecule has 0 aromatic heterocycles. The van der Waals surface area contributed by atoms with E-state index in [0.29, 0.717) is 22.0 Å². The van der Waals surface area contributed by atoms with Crippen molar-refractivity contribution in [1.82, 2.24) is 0 Å². The fourth-order valence-corrected chi connectivity index (χ4v) is 3.62. The van der Waals surface area contributed by atoms with Gasteiger partial charge >= 0.3 is 0 Å². The third-order valence-corrected chi connectivity index (χ3v) is 5.08. The average molecular weight is 392 g/mol. The molecule has 4 nitrogen and oxygen atoms in total. The quantitative estimate of drug-likeness (QED) is 0.647. The Morgan fingerprint density at radius 1 is 0.929 bits per heavy atom. The lowest BCUT2D eigenvalue weighted by Crippen LogP contribution is -2.30. The number of amides is 1. The van der Waals surface area contributed by atoms with Gasteiger partial charge in [0.15, 0.2) is 5.76 Å². The summed E-state index contributed by atoms with van der Waals surface area (Å²) in [5.74, 6) is 0.00921. The maximum Gasteiger partial charge on any atom is 0.294 e. The van der Waals surface area contributed by atoms with Gasteiger partial charge in [0.2, 0.25) is 0 Å². The Morgan fingerprint density at radius 3 is 2.18 bits per heavy atom. The summed E-state index contributed by atoms with van der Waals surface area (Å²) in [7, 11) is 1.60. The standard InChI is InChI=1S/C23H18ClNO3/c1-28-19-13-7-15(8-14-19)20-21(16-5-3-2-4-6-16)25(23(27)22(20)26)18-11-9-17(24)10-12-18/h2-14,21,26H,1H3/t21-/m0/s1. The van der Waals surface area contributed by atoms with Crippen molar-refractivity contribution in [1.29, 1.82) is 0 Å². The molecule has 0 saturated carbocycles. The van der Waals surface area contributed by atoms with Crippen molar-refractivity contribution >= 4 is 28.8 Å². The fraction of sp³-hybridized carbons (Fsp3) is 0.0870. The lowest BCUT2D eigenvalue weighted by molar-refractivity contribution is -0.117. The molecule has 28 heavy (non-hydrogen) atoms. The van der Waals surface area contributed by atoms with E-state index in [2.05, 4.69) is 0 Å². The molecular weight excluding hydrogens is 374 g/mol. The zero-order chi connectivity index (χ0) is 19.7. The number of halogens is 1. The average Bonchev–Trinajstić information content (AvgIpc) is 3.00. The van der Waals surface area contributed by atoms with Gasteiger partial charge in [-0.1, -0.05) is 54.1 Å². The van der Waals surface area contributed by atoms with Crippen molar-refractivity contribution < 1.29 is 14.6 Å². The SMILES string of the molecule is COc1ccc(C2=C(O)C(=O)N(c3ccc(Cl)cc3)[C@H]2c2ccccc2)cc1. The normalized spacial score (nSPS) is 16.6. The molecule has 1 N–H and O–H groups in total. The molecule has 0 radical (unpaired) electrons. The third-order valence-electron chi connectivity index (χ3n) is 4.83. The number of aliphatic hydroxyl groups excluding tert-OH is 1. The van der Waals surface area contributed by atoms with E-state index in [1.807, 2.05) is 54.6 Å². The number of aliphatic hydroxyl groups is 1. The number of hydrogen-bond donors (Lipinski definition) is 1. The van der Waals surface area contributed by atoms with Gasteiger partial charge in [-0.15, -0.1) is 0 Å². The van der Waals surface area contributed by atoms with Crippen LogP contribution >= 0.6 is 11.6 Å². The first kappa shape index (κ1) is 18.1. The monoisotopic (exact) mass is 391 g/mol. The number of rotatable bonds is 4. The van der Waals surface area contributed by atoms with Crippen LogP contribution in [0.2, 0.25) is 5.02 Å². The number of anilines is 1. The van der Waals surface area contributed by atoms with Gasteiger partial charge in [0.05, 0.1) is 13.2 Å². The van der Waals surface area contributed by atoms with Crippen molar-refractivity contribution in [2.75, 3.05) is 12.0 Å². The summed E-state index contributed by atoms with van der Waals surface area (Å²) in [6.07, 6.45) is 0. The minimum atomic E-state index is -0.455. The predicted octanol–water partition coefficient (Wildman–Crippen LogP) is 5.41. The Morgan fingerprint density at radius 2 is 1.57 bits per heavy atom. The van der Waals surface area contributed by atoms with E-state index in [1.165, 1.54) is 0 Å². The molecule has 0 bridgehead atoms. The zero-order valence-electron chi connectivity index (χ0n) is 15.2. The molecule has 0 unspecified atom stereocenters. The number of hydrogen-bond acceptors (Lipinski definition) is 3. The summed E-state index contributed by atoms with van der Waals surface area (Å²) in [6, 6.07) is 23.5. The lowest BCUT2D eigenvalue weighted by Gasteiger charge is -2.27. The third kappa shape index (κ3) is 3.12. The summed E-state index contributed by atoms with van der Waals surface area (Å²) in [4.78, 5) is 14.6. The van der Waals surface area contributed by atoms with Crippen molar-refractivity contribution in [3.8, 4) is 5.75 Å². The van der Waals surface area contributed by atoms with Crippen LogP contribution in [-0.4, -0.2) is 18.1 Å². The summed E-state index contributed by atoms with van der Waals surface area (Å²) in [5, 5.41) is 11.4. The van der Waals surface area contributed by atoms with Crippen LogP contribution in [0.5, 0.6) is 5.75 Å². The maximum absolute atomic E-state index is 13.0. The molecule has 5 heteroatoms. The Bertz CT molecular complexity index is 1030. The molecule has 1 heterocycles. The van der Waals surface area contributed by atoms with Crippen molar-refractivity contribution in [2.45, 2.75) is 6.04 Å². The molecule has 0 spiro atoms. The number of carbonyl (C=O) groups is 1. The summed E-state index contributed by atoms with van der Waals surface area (Å²) < 4.78 is 5.22. The topological polar surface area (TPSA) is 49.8 Å². The predicted molar refractivity (Wildman–Crippen MR) is 111 cm³/mol. The Hall–Kier alpha value is -3.24. The van der Waals surface area contributed by atoms with Crippen LogP contribution in [0.3, 0.4) is 0 Å². The molecule has 4 rings (SSSR count). The molecule has 1 aliphatic rings. The number of ether oxygens (including phenoxy) is 1. The van der Waals surface area contributed by atoms with Gasteiger partial charge in [-0.3, -0.25) is 9.69 Å². The molecule has 1 amide bonds. The largest absolute Gasteiger partial charge is 0.503 e. The minimum absolute atomic E-state index is 0.256. The van der Waals surface area contributed by atoms with Crippen LogP contribution < -0.4 is 9.64 Å². The zero-order valence-corrected chi connectivity index (χ0v) is 15.9. The molecule has 0 aliphatic carbocycles. The van der Waals surface area contributed by atoms with Crippen LogP contribution in [0.1, 0.15) is 17.2 Å². The lowest BCUT2D eigenvalue weighted by atomic mass is 9.93. The molecule has 0 fully saturated rings. The highest BCUT2D eigenvalue weighted by Crippen LogP contribution is 2.45. The van der Waals surface area contributed by atoms with Gasteiger partial charge in [0, 0.05) is 16.3 Å². The highest BCUT2D eigenvalue weighted by Gasteiger charge is 2.41. The van der Waals surface area contributed by atoms with Gasteiger partial charge in [0.25, 0.3) is 5.91 Å². The molecule has 3 aromatic carbocycles. The molecule has 140 valence electrons. The van der Waals surface area contributed by atoms with Gasteiger partial charge in [-0.2, -0.15) is 0 Å². The van der Waals surface area contributed by atoms with E-state index in [4.69, 9.17) is 16.3 Å². The van der Waals surface area contributed by atoms with Crippen LogP contribution in [0.25, 0.3) is 5.57 Å². The van der Waals surface area contributed by atoms with Crippen molar-refractivity contribution in [2.24, 2.45) is 0 Å². The first-order valence-electron chi connectivity index (χ1n) is 8.82. The molecule has 1 aliphatic heterocycles. The van der Waals surface area contributed by atoms with Gasteiger partial charge in [0.1, 0.15) is 5.75 Å². The smallest absolute Gasteiger partial charge is 0.294 e. The highest BCUT2D eigenvalue weighted by atomic mass is 35.5. The number of nitrogens with zero attached hydrogens (tertiary/aromatic N) is 1. The summed E-state index contributed by atoms with van der Waals surface area (Å²) >= 11 is 6.01. The van der Waals surface area contributed by atoms with Gasteiger partial charge in [-0.05, 0) is 47.5 Å². The Kier molecular flexibility index (Phi) is 4.80. The van der Waals surface area contributed by atoms with E-state index in [-0.39, 0.29) is 5.76 Å². The number of methoxy groups -OCH3 is 1. The second-order valence-corrected chi connectivity index (χ2v) is 6.89. The van der Waals surface area contributed by atoms with E-state index < -0.39 is 11.9 Å². The van der Waals surface area contributed by atoms with E-state index in [1.54, 1.807) is 36.3 Å². The first-order chi connectivity index (χ1) is 13.6. The van der Waals surface area contributed by atoms with Crippen molar-refractivity contribution in [3.63, 3.8) is 0 Å². The van der Waals surface area contributed by atoms with E-state index in [9.17, 15) is 9.90 Å². The summed E-state index contributed by atoms with van der Waals surface area (Å²) in [6.45, 7) is 0. The minimum Gasteiger partial charge on any atom is -0.503 e. The van der Waals surface area contributed by atoms with Crippen LogP contribution in [0.4, 0.5) is 5.69 Å². The molecular formula is C23H18ClNO3. The highest BCUT2D eigenvalue weighted by molar-refractivity contribution is 6.30. The van der Waals surface area contributed by atoms with E-state index >= 15 is 0 Å². The van der Waals surface area contributed by atoms with Crippen LogP contribution in [0.15, 0.2) is 84.6 Å². The summed E-state index contributed by atoms with van der Waals surface area (Å²) in [5.41, 5.74) is 2.89. The molecule has 1 atom stereocenters. The second-order valence-electron chi connectivity index (χ2n) is 6.46. The second kappa shape index (κ2) is 7.41. The number of benzene rings is 3. The number of carbonyl (C=O) groups excluding carboxylic acids is 1. The maximum atomic E-state index is 13.0. The van der Waals surface area contributed by atoms with Crippen LogP contribution in [-0.2, 0) is 4.79 Å². The van der Waals surface area contributed by atoms with E-state index in [0.717, 1.165) is 11.1 Å². The Balaban J connectivity index is 1.87. The van der Waals surface area contributed by atoms with Crippen molar-refractivity contribution in [3.05, 3.63) is 101 Å². The Labute approximate surface area is 168 Å².